The van der Waals surface area contributed by atoms with Gasteiger partial charge in [0.15, 0.2) is 0 Å². The van der Waals surface area contributed by atoms with E-state index in [4.69, 9.17) is 5.11 Å². The van der Waals surface area contributed by atoms with Crippen molar-refractivity contribution in [3.8, 4) is 0 Å². The zero-order valence-corrected chi connectivity index (χ0v) is 9.06. The largest absolute Gasteiger partial charge is 0.478 e. The van der Waals surface area contributed by atoms with Crippen molar-refractivity contribution in [2.24, 2.45) is 4.40 Å². The Morgan fingerprint density at radius 1 is 1.64 bits per heavy atom. The lowest BCUT2D eigenvalue weighted by atomic mass is 10.3. The lowest BCUT2D eigenvalue weighted by Gasteiger charge is -2.00. The smallest absolute Gasteiger partial charge is 0.338 e. The van der Waals surface area contributed by atoms with Crippen molar-refractivity contribution < 1.29 is 18.3 Å². The molecule has 0 amide bonds. The van der Waals surface area contributed by atoms with Gasteiger partial charge < -0.3 is 5.11 Å². The number of hydrogen-bond donors (Lipinski definition) is 1. The van der Waals surface area contributed by atoms with Crippen LogP contribution in [0.15, 0.2) is 14.9 Å². The van der Waals surface area contributed by atoms with Gasteiger partial charge in [-0.3, -0.25) is 0 Å². The molecule has 7 heteroatoms. The third-order valence-corrected chi connectivity index (χ3v) is 4.05. The van der Waals surface area contributed by atoms with Crippen LogP contribution in [0.3, 0.4) is 0 Å². The van der Waals surface area contributed by atoms with Crippen molar-refractivity contribution in [1.82, 2.24) is 0 Å². The molecular formula is C7H9NO4S2. The van der Waals surface area contributed by atoms with E-state index in [9.17, 15) is 13.2 Å². The molecule has 1 aliphatic rings. The summed E-state index contributed by atoms with van der Waals surface area (Å²) in [5, 5.41) is 8.69. The number of sulfonamides is 1. The van der Waals surface area contributed by atoms with Gasteiger partial charge in [0, 0.05) is 5.75 Å². The zero-order valence-electron chi connectivity index (χ0n) is 7.43. The summed E-state index contributed by atoms with van der Waals surface area (Å²) in [6.45, 7) is 1.87. The van der Waals surface area contributed by atoms with Crippen LogP contribution < -0.4 is 0 Å². The van der Waals surface area contributed by atoms with E-state index in [1.165, 1.54) is 11.8 Å². The van der Waals surface area contributed by atoms with Gasteiger partial charge >= 0.3 is 5.97 Å². The molecule has 78 valence electrons. The van der Waals surface area contributed by atoms with Gasteiger partial charge in [-0.1, -0.05) is 6.92 Å². The van der Waals surface area contributed by atoms with Crippen LogP contribution >= 0.6 is 11.8 Å². The standard InChI is InChI=1S/C7H9NO4S2/c1-2-13-4-6-5(7(9)10)3-8-14(6,11)12/h3H,2,4H2,1H3,(H,9,10). The minimum absolute atomic E-state index is 0.100. The third-order valence-electron chi connectivity index (χ3n) is 1.60. The quantitative estimate of drug-likeness (QED) is 0.766. The Hall–Kier alpha value is -0.820. The number of carboxylic acid groups (broad SMARTS) is 1. The van der Waals surface area contributed by atoms with E-state index in [1.54, 1.807) is 0 Å². The molecule has 0 aromatic carbocycles. The van der Waals surface area contributed by atoms with Gasteiger partial charge in [0.2, 0.25) is 0 Å². The summed E-state index contributed by atoms with van der Waals surface area (Å²) in [6, 6.07) is 0. The Morgan fingerprint density at radius 3 is 2.79 bits per heavy atom. The van der Waals surface area contributed by atoms with Crippen molar-refractivity contribution in [3.05, 3.63) is 10.5 Å². The first kappa shape index (κ1) is 11.3. The maximum atomic E-state index is 11.3. The Labute approximate surface area is 86.0 Å². The van der Waals surface area contributed by atoms with Crippen LogP contribution in [0.1, 0.15) is 6.92 Å². The lowest BCUT2D eigenvalue weighted by Crippen LogP contribution is -2.07. The number of hydrogen-bond acceptors (Lipinski definition) is 4. The molecule has 1 heterocycles. The van der Waals surface area contributed by atoms with E-state index in [0.29, 0.717) is 0 Å². The number of rotatable bonds is 4. The maximum Gasteiger partial charge on any atom is 0.338 e. The van der Waals surface area contributed by atoms with Gasteiger partial charge in [-0.25, -0.2) is 4.79 Å². The van der Waals surface area contributed by atoms with E-state index in [1.807, 2.05) is 6.92 Å². The molecule has 0 unspecified atom stereocenters. The maximum absolute atomic E-state index is 11.3. The van der Waals surface area contributed by atoms with Gasteiger partial charge in [-0.15, -0.1) is 0 Å². The Kier molecular flexibility index (Phi) is 3.33. The second-order valence-corrected chi connectivity index (χ2v) is 5.42. The van der Waals surface area contributed by atoms with Crippen molar-refractivity contribution in [3.63, 3.8) is 0 Å². The van der Waals surface area contributed by atoms with Crippen LogP contribution in [0.4, 0.5) is 0 Å². The SMILES string of the molecule is CCSCC1=C(C(=O)O)C=NS1(=O)=O. The molecular weight excluding hydrogens is 226 g/mol. The Balaban J connectivity index is 3.05. The normalized spacial score (nSPS) is 18.9. The number of thioether (sulfide) groups is 1. The van der Waals surface area contributed by atoms with E-state index >= 15 is 0 Å². The second kappa shape index (κ2) is 4.14. The molecule has 1 rings (SSSR count). The van der Waals surface area contributed by atoms with Gasteiger partial charge in [-0.2, -0.15) is 24.6 Å². The first-order chi connectivity index (χ1) is 6.49. The molecule has 14 heavy (non-hydrogen) atoms. The Bertz CT molecular complexity index is 407. The molecule has 0 aliphatic carbocycles. The summed E-state index contributed by atoms with van der Waals surface area (Å²) in [6.07, 6.45) is 0.892. The van der Waals surface area contributed by atoms with Crippen LogP contribution in [0.5, 0.6) is 0 Å². The number of carboxylic acids is 1. The van der Waals surface area contributed by atoms with Crippen molar-refractivity contribution in [2.45, 2.75) is 6.92 Å². The fourth-order valence-electron chi connectivity index (χ4n) is 0.918. The first-order valence-corrected chi connectivity index (χ1v) is 6.43. The first-order valence-electron chi connectivity index (χ1n) is 3.83. The lowest BCUT2D eigenvalue weighted by molar-refractivity contribution is -0.132. The predicted molar refractivity (Wildman–Crippen MR) is 55.1 cm³/mol. The molecule has 1 N–H and O–H groups in total. The van der Waals surface area contributed by atoms with Gasteiger partial charge in [0.1, 0.15) is 0 Å². The van der Waals surface area contributed by atoms with Crippen LogP contribution in [0.2, 0.25) is 0 Å². The summed E-state index contributed by atoms with van der Waals surface area (Å²) in [7, 11) is -3.71. The summed E-state index contributed by atoms with van der Waals surface area (Å²) in [5.41, 5.74) is -0.217. The highest BCUT2D eigenvalue weighted by atomic mass is 32.2. The second-order valence-electron chi connectivity index (χ2n) is 2.49. The monoisotopic (exact) mass is 235 g/mol. The number of carbonyl (C=O) groups is 1. The molecule has 0 bridgehead atoms. The summed E-state index contributed by atoms with van der Waals surface area (Å²) < 4.78 is 25.7. The molecule has 0 atom stereocenters. The van der Waals surface area contributed by atoms with Gasteiger partial charge in [-0.05, 0) is 5.75 Å². The van der Waals surface area contributed by atoms with Crippen molar-refractivity contribution in [1.29, 1.82) is 0 Å². The van der Waals surface area contributed by atoms with E-state index in [2.05, 4.69) is 4.40 Å². The predicted octanol–water partition coefficient (Wildman–Crippen LogP) is 0.492. The third kappa shape index (κ3) is 2.16. The van der Waals surface area contributed by atoms with E-state index in [0.717, 1.165) is 12.0 Å². The molecule has 0 spiro atoms. The summed E-state index contributed by atoms with van der Waals surface area (Å²) in [5.74, 6) is -0.353. The van der Waals surface area contributed by atoms with Gasteiger partial charge in [0.25, 0.3) is 10.0 Å². The van der Waals surface area contributed by atoms with Crippen LogP contribution in [0.25, 0.3) is 0 Å². The molecule has 0 saturated heterocycles. The molecule has 1 aliphatic heterocycles. The fourth-order valence-corrected chi connectivity index (χ4v) is 3.10. The summed E-state index contributed by atoms with van der Waals surface area (Å²) in [4.78, 5) is 10.5. The zero-order chi connectivity index (χ0) is 10.8. The molecule has 0 aromatic rings. The number of nitrogens with zero attached hydrogens (tertiary/aromatic N) is 1. The Morgan fingerprint density at radius 2 is 2.29 bits per heavy atom. The molecule has 0 fully saturated rings. The topological polar surface area (TPSA) is 83.8 Å². The van der Waals surface area contributed by atoms with Crippen molar-refractivity contribution in [2.75, 3.05) is 11.5 Å². The highest BCUT2D eigenvalue weighted by molar-refractivity contribution is 8.02. The molecule has 0 aromatic heterocycles. The molecule has 5 nitrogen and oxygen atoms in total. The molecule has 0 radical (unpaired) electrons. The van der Waals surface area contributed by atoms with Crippen molar-refractivity contribution >= 4 is 34.0 Å². The average molecular weight is 235 g/mol. The van der Waals surface area contributed by atoms with Crippen LogP contribution in [-0.2, 0) is 14.8 Å². The fraction of sp³-hybridized carbons (Fsp3) is 0.429. The minimum Gasteiger partial charge on any atom is -0.478 e. The van der Waals surface area contributed by atoms with E-state index < -0.39 is 16.0 Å². The van der Waals surface area contributed by atoms with Gasteiger partial charge in [0.05, 0.1) is 16.7 Å². The summed E-state index contributed by atoms with van der Waals surface area (Å²) >= 11 is 1.35. The van der Waals surface area contributed by atoms with Crippen LogP contribution in [-0.4, -0.2) is 37.2 Å². The highest BCUT2D eigenvalue weighted by Crippen LogP contribution is 2.23. The number of aliphatic carboxylic acids is 1. The average Bonchev–Trinajstić information content (AvgIpc) is 2.38. The van der Waals surface area contributed by atoms with E-state index in [-0.39, 0.29) is 16.2 Å². The molecule has 0 saturated carbocycles. The van der Waals surface area contributed by atoms with Crippen LogP contribution in [0, 0.1) is 0 Å². The minimum atomic E-state index is -3.71. The highest BCUT2D eigenvalue weighted by Gasteiger charge is 2.29.